The van der Waals surface area contributed by atoms with Crippen LogP contribution in [0.5, 0.6) is 0 Å². The summed E-state index contributed by atoms with van der Waals surface area (Å²) in [6.45, 7) is 0.305. The minimum absolute atomic E-state index is 0.270. The lowest BCUT2D eigenvalue weighted by atomic mass is 10.1. The monoisotopic (exact) mass is 320 g/mol. The molecule has 0 saturated carbocycles. The molecule has 0 atom stereocenters. The summed E-state index contributed by atoms with van der Waals surface area (Å²) in [5, 5.41) is 4.38. The van der Waals surface area contributed by atoms with Gasteiger partial charge >= 0.3 is 6.18 Å². The first kappa shape index (κ1) is 15.0. The number of carbonyl (C=O) groups excluding carboxylic acids is 1. The number of carbonyl (C=O) groups is 1. The van der Waals surface area contributed by atoms with Crippen LogP contribution >= 0.6 is 0 Å². The Morgan fingerprint density at radius 1 is 1.22 bits per heavy atom. The van der Waals surface area contributed by atoms with Gasteiger partial charge in [-0.2, -0.15) is 18.3 Å². The van der Waals surface area contributed by atoms with Crippen LogP contribution in [0.25, 0.3) is 10.9 Å². The summed E-state index contributed by atoms with van der Waals surface area (Å²) < 4.78 is 39.7. The van der Waals surface area contributed by atoms with Gasteiger partial charge in [0.2, 0.25) is 0 Å². The Labute approximate surface area is 128 Å². The number of hydrogen-bond donors (Lipinski definition) is 1. The fraction of sp³-hybridized carbons (Fsp3) is 0.133. The Hall–Kier alpha value is -2.90. The molecule has 0 bridgehead atoms. The van der Waals surface area contributed by atoms with Crippen LogP contribution in [0.2, 0.25) is 0 Å². The molecule has 3 aromatic rings. The topological polar surface area (TPSA) is 73.8 Å². The van der Waals surface area contributed by atoms with Gasteiger partial charge in [-0.3, -0.25) is 14.5 Å². The SMILES string of the molecule is NC(=O)c1cnn(Cc2ccc3ncc(C(F)(F)F)cc3c2)c1. The predicted molar refractivity (Wildman–Crippen MR) is 76.6 cm³/mol. The predicted octanol–water partition coefficient (Wildman–Crippen LogP) is 2.60. The van der Waals surface area contributed by atoms with Gasteiger partial charge < -0.3 is 5.73 Å². The molecule has 0 unspecified atom stereocenters. The molecule has 0 aliphatic rings. The highest BCUT2D eigenvalue weighted by molar-refractivity contribution is 5.92. The first-order valence-corrected chi connectivity index (χ1v) is 6.61. The van der Waals surface area contributed by atoms with Crippen molar-refractivity contribution in [3.63, 3.8) is 0 Å². The van der Waals surface area contributed by atoms with Crippen molar-refractivity contribution in [2.24, 2.45) is 5.73 Å². The molecule has 2 heterocycles. The summed E-state index contributed by atoms with van der Waals surface area (Å²) in [5.74, 6) is -0.589. The van der Waals surface area contributed by atoms with Crippen molar-refractivity contribution in [3.05, 3.63) is 59.5 Å². The van der Waals surface area contributed by atoms with E-state index in [2.05, 4.69) is 10.1 Å². The van der Waals surface area contributed by atoms with Crippen LogP contribution in [-0.2, 0) is 12.7 Å². The van der Waals surface area contributed by atoms with E-state index in [0.717, 1.165) is 17.8 Å². The number of pyridine rings is 1. The molecule has 5 nitrogen and oxygen atoms in total. The zero-order valence-corrected chi connectivity index (χ0v) is 11.7. The highest BCUT2D eigenvalue weighted by atomic mass is 19.4. The van der Waals surface area contributed by atoms with Crippen LogP contribution in [0.1, 0.15) is 21.5 Å². The van der Waals surface area contributed by atoms with Crippen LogP contribution in [0.4, 0.5) is 13.2 Å². The molecular weight excluding hydrogens is 309 g/mol. The Bertz CT molecular complexity index is 886. The number of halogens is 3. The van der Waals surface area contributed by atoms with Crippen molar-refractivity contribution >= 4 is 16.8 Å². The van der Waals surface area contributed by atoms with Gasteiger partial charge in [0.1, 0.15) is 0 Å². The first-order valence-electron chi connectivity index (χ1n) is 6.61. The lowest BCUT2D eigenvalue weighted by molar-refractivity contribution is -0.137. The fourth-order valence-corrected chi connectivity index (χ4v) is 2.20. The van der Waals surface area contributed by atoms with Gasteiger partial charge in [0.05, 0.1) is 29.4 Å². The van der Waals surface area contributed by atoms with E-state index in [4.69, 9.17) is 5.73 Å². The molecule has 2 aromatic heterocycles. The van der Waals surface area contributed by atoms with E-state index >= 15 is 0 Å². The van der Waals surface area contributed by atoms with Crippen LogP contribution in [0.3, 0.4) is 0 Å². The molecule has 118 valence electrons. The first-order chi connectivity index (χ1) is 10.8. The summed E-state index contributed by atoms with van der Waals surface area (Å²) >= 11 is 0. The van der Waals surface area contributed by atoms with E-state index in [-0.39, 0.29) is 5.56 Å². The molecule has 0 saturated heterocycles. The second-order valence-corrected chi connectivity index (χ2v) is 5.04. The van der Waals surface area contributed by atoms with E-state index in [1.54, 1.807) is 18.2 Å². The molecule has 23 heavy (non-hydrogen) atoms. The molecule has 1 amide bonds. The minimum Gasteiger partial charge on any atom is -0.366 e. The van der Waals surface area contributed by atoms with Crippen LogP contribution in [0.15, 0.2) is 42.9 Å². The number of rotatable bonds is 3. The van der Waals surface area contributed by atoms with E-state index in [1.807, 2.05) is 0 Å². The van der Waals surface area contributed by atoms with Crippen molar-refractivity contribution in [1.82, 2.24) is 14.8 Å². The molecule has 0 fully saturated rings. The summed E-state index contributed by atoms with van der Waals surface area (Å²) in [4.78, 5) is 14.8. The lowest BCUT2D eigenvalue weighted by Gasteiger charge is -2.08. The van der Waals surface area contributed by atoms with Gasteiger partial charge in [-0.1, -0.05) is 6.07 Å². The molecule has 0 aliphatic carbocycles. The van der Waals surface area contributed by atoms with Crippen LogP contribution in [-0.4, -0.2) is 20.7 Å². The number of amides is 1. The highest BCUT2D eigenvalue weighted by Crippen LogP contribution is 2.30. The molecule has 0 aliphatic heterocycles. The third kappa shape index (κ3) is 3.15. The Balaban J connectivity index is 1.93. The van der Waals surface area contributed by atoms with Gasteiger partial charge in [0.25, 0.3) is 5.91 Å². The Morgan fingerprint density at radius 3 is 2.65 bits per heavy atom. The standard InChI is InChI=1S/C15H11F3N4O/c16-15(17,18)12-4-10-3-9(1-2-13(10)20-6-12)7-22-8-11(5-21-22)14(19)23/h1-6,8H,7H2,(H2,19,23). The zero-order chi connectivity index (χ0) is 16.6. The molecule has 0 radical (unpaired) electrons. The van der Waals surface area contributed by atoms with Crippen molar-refractivity contribution < 1.29 is 18.0 Å². The average molecular weight is 320 g/mol. The number of alkyl halides is 3. The number of nitrogens with two attached hydrogens (primary N) is 1. The molecule has 8 heteroatoms. The van der Waals surface area contributed by atoms with Crippen LogP contribution in [0, 0.1) is 0 Å². The van der Waals surface area contributed by atoms with E-state index in [9.17, 15) is 18.0 Å². The number of fused-ring (bicyclic) bond motifs is 1. The quantitative estimate of drug-likeness (QED) is 0.806. The fourth-order valence-electron chi connectivity index (χ4n) is 2.20. The number of primary amides is 1. The maximum absolute atomic E-state index is 12.7. The summed E-state index contributed by atoms with van der Waals surface area (Å²) in [6.07, 6.45) is -0.798. The molecular formula is C15H11F3N4O. The van der Waals surface area contributed by atoms with Gasteiger partial charge in [-0.15, -0.1) is 0 Å². The molecule has 0 spiro atoms. The minimum atomic E-state index is -4.43. The number of nitrogens with zero attached hydrogens (tertiary/aromatic N) is 3. The zero-order valence-electron chi connectivity index (χ0n) is 11.7. The third-order valence-electron chi connectivity index (χ3n) is 3.34. The third-order valence-corrected chi connectivity index (χ3v) is 3.34. The molecule has 1 aromatic carbocycles. The Kier molecular flexibility index (Phi) is 3.51. The number of aromatic nitrogens is 3. The second kappa shape index (κ2) is 5.38. The van der Waals surface area contributed by atoms with Crippen molar-refractivity contribution in [3.8, 4) is 0 Å². The second-order valence-electron chi connectivity index (χ2n) is 5.04. The number of benzene rings is 1. The lowest BCUT2D eigenvalue weighted by Crippen LogP contribution is -2.09. The Morgan fingerprint density at radius 2 is 2.00 bits per heavy atom. The normalized spacial score (nSPS) is 11.8. The maximum Gasteiger partial charge on any atom is 0.417 e. The van der Waals surface area contributed by atoms with Gasteiger partial charge in [0, 0.05) is 17.8 Å². The molecule has 2 N–H and O–H groups in total. The maximum atomic E-state index is 12.7. The summed E-state index contributed by atoms with van der Waals surface area (Å²) in [5.41, 5.74) is 5.83. The van der Waals surface area contributed by atoms with Crippen LogP contribution < -0.4 is 5.73 Å². The number of hydrogen-bond acceptors (Lipinski definition) is 3. The van der Waals surface area contributed by atoms with E-state index < -0.39 is 17.6 Å². The largest absolute Gasteiger partial charge is 0.417 e. The van der Waals surface area contributed by atoms with E-state index in [1.165, 1.54) is 17.1 Å². The van der Waals surface area contributed by atoms with Gasteiger partial charge in [0.15, 0.2) is 0 Å². The summed E-state index contributed by atoms with van der Waals surface area (Å²) in [7, 11) is 0. The van der Waals surface area contributed by atoms with Gasteiger partial charge in [-0.25, -0.2) is 0 Å². The average Bonchev–Trinajstić information content (AvgIpc) is 2.94. The highest BCUT2D eigenvalue weighted by Gasteiger charge is 2.31. The summed E-state index contributed by atoms with van der Waals surface area (Å²) in [6, 6.07) is 6.06. The van der Waals surface area contributed by atoms with Gasteiger partial charge in [-0.05, 0) is 23.8 Å². The van der Waals surface area contributed by atoms with Crippen molar-refractivity contribution in [1.29, 1.82) is 0 Å². The van der Waals surface area contributed by atoms with E-state index in [0.29, 0.717) is 17.4 Å². The smallest absolute Gasteiger partial charge is 0.366 e. The van der Waals surface area contributed by atoms with Crippen molar-refractivity contribution in [2.75, 3.05) is 0 Å². The molecule has 3 rings (SSSR count). The van der Waals surface area contributed by atoms with Crippen molar-refractivity contribution in [2.45, 2.75) is 12.7 Å².